The fraction of sp³-hybridized carbons (Fsp3) is 0.188. The maximum Gasteiger partial charge on any atom is 0.339 e. The van der Waals surface area contributed by atoms with Crippen molar-refractivity contribution in [3.8, 4) is 17.2 Å². The number of hydrogen-bond acceptors (Lipinski definition) is 4. The van der Waals surface area contributed by atoms with Crippen molar-refractivity contribution in [3.05, 3.63) is 53.6 Å². The van der Waals surface area contributed by atoms with Crippen molar-refractivity contribution in [2.75, 3.05) is 14.2 Å². The lowest BCUT2D eigenvalue weighted by Gasteiger charge is -2.13. The molecule has 0 aliphatic rings. The molecule has 0 amide bonds. The fourth-order valence-corrected chi connectivity index (χ4v) is 1.88. The topological polar surface area (TPSA) is 65.0 Å². The summed E-state index contributed by atoms with van der Waals surface area (Å²) in [6.45, 7) is 0.274. The van der Waals surface area contributed by atoms with Gasteiger partial charge < -0.3 is 19.3 Å². The Morgan fingerprint density at radius 3 is 2.19 bits per heavy atom. The molecule has 0 heterocycles. The van der Waals surface area contributed by atoms with Crippen LogP contribution in [0.3, 0.4) is 0 Å². The van der Waals surface area contributed by atoms with E-state index in [2.05, 4.69) is 0 Å². The summed E-state index contributed by atoms with van der Waals surface area (Å²) in [5.41, 5.74) is 0.979. The molecule has 110 valence electrons. The Morgan fingerprint density at radius 2 is 1.62 bits per heavy atom. The Labute approximate surface area is 122 Å². The van der Waals surface area contributed by atoms with Gasteiger partial charge in [-0.25, -0.2) is 4.79 Å². The average Bonchev–Trinajstić information content (AvgIpc) is 2.52. The normalized spacial score (nSPS) is 10.0. The number of carbonyl (C=O) groups is 1. The van der Waals surface area contributed by atoms with Crippen LogP contribution in [0.15, 0.2) is 42.5 Å². The predicted molar refractivity (Wildman–Crippen MR) is 77.3 cm³/mol. The lowest BCUT2D eigenvalue weighted by molar-refractivity contribution is 0.0691. The van der Waals surface area contributed by atoms with E-state index in [9.17, 15) is 9.90 Å². The van der Waals surface area contributed by atoms with Gasteiger partial charge in [-0.2, -0.15) is 0 Å². The SMILES string of the molecule is COc1cc(OCc2ccccc2)c(C(=O)O)cc1OC. The lowest BCUT2D eigenvalue weighted by Crippen LogP contribution is -2.05. The zero-order chi connectivity index (χ0) is 15.2. The first-order chi connectivity index (χ1) is 10.2. The maximum absolute atomic E-state index is 11.3. The van der Waals surface area contributed by atoms with E-state index in [4.69, 9.17) is 14.2 Å². The highest BCUT2D eigenvalue weighted by atomic mass is 16.5. The van der Waals surface area contributed by atoms with Crippen molar-refractivity contribution in [2.45, 2.75) is 6.61 Å². The number of carboxylic acid groups (broad SMARTS) is 1. The second-order valence-electron chi connectivity index (χ2n) is 4.28. The Kier molecular flexibility index (Phi) is 4.66. The van der Waals surface area contributed by atoms with Gasteiger partial charge in [0.05, 0.1) is 14.2 Å². The smallest absolute Gasteiger partial charge is 0.339 e. The summed E-state index contributed by atoms with van der Waals surface area (Å²) in [6, 6.07) is 12.4. The highest BCUT2D eigenvalue weighted by Crippen LogP contribution is 2.35. The van der Waals surface area contributed by atoms with E-state index in [-0.39, 0.29) is 17.9 Å². The summed E-state index contributed by atoms with van der Waals surface area (Å²) in [6.07, 6.45) is 0. The third-order valence-electron chi connectivity index (χ3n) is 2.95. The zero-order valence-corrected chi connectivity index (χ0v) is 11.8. The summed E-state index contributed by atoms with van der Waals surface area (Å²) in [7, 11) is 2.94. The number of rotatable bonds is 6. The van der Waals surface area contributed by atoms with Crippen molar-refractivity contribution in [1.82, 2.24) is 0 Å². The molecule has 5 heteroatoms. The van der Waals surface area contributed by atoms with Gasteiger partial charge in [0.2, 0.25) is 0 Å². The van der Waals surface area contributed by atoms with Gasteiger partial charge in [0.15, 0.2) is 11.5 Å². The Balaban J connectivity index is 2.30. The number of methoxy groups -OCH3 is 2. The van der Waals surface area contributed by atoms with E-state index in [1.165, 1.54) is 26.4 Å². The third-order valence-corrected chi connectivity index (χ3v) is 2.95. The van der Waals surface area contributed by atoms with E-state index in [1.54, 1.807) is 0 Å². The van der Waals surface area contributed by atoms with Gasteiger partial charge in [0.1, 0.15) is 17.9 Å². The maximum atomic E-state index is 11.3. The molecule has 2 rings (SSSR count). The molecule has 0 radical (unpaired) electrons. The summed E-state index contributed by atoms with van der Waals surface area (Å²) in [5, 5.41) is 9.27. The Bertz CT molecular complexity index is 622. The molecule has 0 aromatic heterocycles. The molecule has 1 N–H and O–H groups in total. The van der Waals surface area contributed by atoms with Gasteiger partial charge in [-0.3, -0.25) is 0 Å². The van der Waals surface area contributed by atoms with Crippen molar-refractivity contribution < 1.29 is 24.1 Å². The first kappa shape index (κ1) is 14.7. The molecule has 0 unspecified atom stereocenters. The first-order valence-electron chi connectivity index (χ1n) is 6.31. The highest BCUT2D eigenvalue weighted by molar-refractivity contribution is 5.92. The van der Waals surface area contributed by atoms with Crippen LogP contribution in [0.25, 0.3) is 0 Å². The molecule has 0 aliphatic heterocycles. The summed E-state index contributed by atoms with van der Waals surface area (Å²) in [4.78, 5) is 11.3. The van der Waals surface area contributed by atoms with Crippen molar-refractivity contribution in [1.29, 1.82) is 0 Å². The predicted octanol–water partition coefficient (Wildman–Crippen LogP) is 2.98. The Morgan fingerprint density at radius 1 is 1.00 bits per heavy atom. The van der Waals surface area contributed by atoms with Gasteiger partial charge in [-0.05, 0) is 5.56 Å². The van der Waals surface area contributed by atoms with Crippen LogP contribution in [0, 0.1) is 0 Å². The molecular formula is C16H16O5. The average molecular weight is 288 g/mol. The van der Waals surface area contributed by atoms with E-state index in [0.717, 1.165) is 5.56 Å². The minimum Gasteiger partial charge on any atom is -0.493 e. The molecule has 0 atom stereocenters. The second kappa shape index (κ2) is 6.65. The molecule has 0 fully saturated rings. The van der Waals surface area contributed by atoms with Crippen LogP contribution in [0.2, 0.25) is 0 Å². The number of benzene rings is 2. The third kappa shape index (κ3) is 3.45. The van der Waals surface area contributed by atoms with Gasteiger partial charge >= 0.3 is 5.97 Å². The number of carboxylic acids is 1. The molecule has 0 aliphatic carbocycles. The minimum atomic E-state index is -1.08. The first-order valence-corrected chi connectivity index (χ1v) is 6.31. The van der Waals surface area contributed by atoms with Crippen LogP contribution >= 0.6 is 0 Å². The molecule has 2 aromatic rings. The zero-order valence-electron chi connectivity index (χ0n) is 11.8. The molecular weight excluding hydrogens is 272 g/mol. The molecule has 5 nitrogen and oxygen atoms in total. The largest absolute Gasteiger partial charge is 0.493 e. The van der Waals surface area contributed by atoms with Gasteiger partial charge in [0.25, 0.3) is 0 Å². The van der Waals surface area contributed by atoms with Crippen LogP contribution in [0.5, 0.6) is 17.2 Å². The number of aromatic carboxylic acids is 1. The van der Waals surface area contributed by atoms with Crippen LogP contribution in [0.4, 0.5) is 0 Å². The van der Waals surface area contributed by atoms with Crippen molar-refractivity contribution in [3.63, 3.8) is 0 Å². The molecule has 0 saturated heterocycles. The molecule has 21 heavy (non-hydrogen) atoms. The summed E-state index contributed by atoms with van der Waals surface area (Å²) in [5.74, 6) is -0.0736. The number of ether oxygens (including phenoxy) is 3. The van der Waals surface area contributed by atoms with Crippen LogP contribution in [-0.2, 0) is 6.61 Å². The van der Waals surface area contributed by atoms with Gasteiger partial charge in [-0.15, -0.1) is 0 Å². The number of hydrogen-bond donors (Lipinski definition) is 1. The van der Waals surface area contributed by atoms with Crippen LogP contribution in [0.1, 0.15) is 15.9 Å². The van der Waals surface area contributed by atoms with E-state index in [1.807, 2.05) is 30.3 Å². The van der Waals surface area contributed by atoms with E-state index >= 15 is 0 Å². The minimum absolute atomic E-state index is 0.0311. The fourth-order valence-electron chi connectivity index (χ4n) is 1.88. The Hall–Kier alpha value is -2.69. The van der Waals surface area contributed by atoms with E-state index < -0.39 is 5.97 Å². The molecule has 0 bridgehead atoms. The summed E-state index contributed by atoms with van der Waals surface area (Å²) >= 11 is 0. The standard InChI is InChI=1S/C16H16O5/c1-19-14-8-12(16(17)18)13(9-15(14)20-2)21-10-11-6-4-3-5-7-11/h3-9H,10H2,1-2H3,(H,17,18). The summed E-state index contributed by atoms with van der Waals surface area (Å²) < 4.78 is 15.9. The molecule has 0 saturated carbocycles. The molecule has 2 aromatic carbocycles. The van der Waals surface area contributed by atoms with Crippen molar-refractivity contribution in [2.24, 2.45) is 0 Å². The van der Waals surface area contributed by atoms with Crippen LogP contribution in [-0.4, -0.2) is 25.3 Å². The monoisotopic (exact) mass is 288 g/mol. The van der Waals surface area contributed by atoms with Gasteiger partial charge in [-0.1, -0.05) is 30.3 Å². The molecule has 0 spiro atoms. The van der Waals surface area contributed by atoms with Crippen molar-refractivity contribution >= 4 is 5.97 Å². The van der Waals surface area contributed by atoms with Gasteiger partial charge in [0, 0.05) is 12.1 Å². The quantitative estimate of drug-likeness (QED) is 0.885. The second-order valence-corrected chi connectivity index (χ2v) is 4.28. The van der Waals surface area contributed by atoms with Crippen LogP contribution < -0.4 is 14.2 Å². The lowest BCUT2D eigenvalue weighted by atomic mass is 10.1. The highest BCUT2D eigenvalue weighted by Gasteiger charge is 2.17. The van der Waals surface area contributed by atoms with E-state index in [0.29, 0.717) is 11.5 Å².